The number of hydrogen-bond acceptors (Lipinski definition) is 4. The van der Waals surface area contributed by atoms with Gasteiger partial charge in [-0.25, -0.2) is 9.48 Å². The molecule has 0 aromatic carbocycles. The molecule has 1 aliphatic heterocycles. The van der Waals surface area contributed by atoms with Gasteiger partial charge in [0.25, 0.3) is 0 Å². The lowest BCUT2D eigenvalue weighted by Crippen LogP contribution is -2.47. The maximum Gasteiger partial charge on any atom is 0.350 e. The van der Waals surface area contributed by atoms with Crippen molar-refractivity contribution in [2.75, 3.05) is 19.6 Å². The molecule has 3 heterocycles. The lowest BCUT2D eigenvalue weighted by molar-refractivity contribution is 0.116. The summed E-state index contributed by atoms with van der Waals surface area (Å²) in [4.78, 5) is 14.6. The zero-order chi connectivity index (χ0) is 14.8. The Bertz CT molecular complexity index is 661. The summed E-state index contributed by atoms with van der Waals surface area (Å²) >= 11 is 0. The highest BCUT2D eigenvalue weighted by Crippen LogP contribution is 2.21. The number of hydrogen-bond donors (Lipinski definition) is 1. The van der Waals surface area contributed by atoms with Crippen LogP contribution in [0.2, 0.25) is 0 Å². The summed E-state index contributed by atoms with van der Waals surface area (Å²) < 4.78 is 3.14. The molecule has 1 aliphatic rings. The van der Waals surface area contributed by atoms with Crippen LogP contribution in [0.3, 0.4) is 0 Å². The molecule has 0 aliphatic carbocycles. The van der Waals surface area contributed by atoms with Crippen LogP contribution in [0.15, 0.2) is 29.2 Å². The standard InChI is InChI=1S/C15H23N5O/c1-12-5-7-18(13(10-12)11-16)8-9-20-15(21)19-6-3-2-4-14(19)17-20/h2-4,6,12-13H,5,7-11,16H2,1H3. The van der Waals surface area contributed by atoms with Crippen LogP contribution in [0.1, 0.15) is 19.8 Å². The number of likely N-dealkylation sites (tertiary alicyclic amines) is 1. The minimum Gasteiger partial charge on any atom is -0.329 e. The molecule has 3 rings (SSSR count). The van der Waals surface area contributed by atoms with Crippen LogP contribution in [-0.4, -0.2) is 44.8 Å². The van der Waals surface area contributed by atoms with Crippen molar-refractivity contribution < 1.29 is 0 Å². The van der Waals surface area contributed by atoms with Gasteiger partial charge >= 0.3 is 5.69 Å². The zero-order valence-electron chi connectivity index (χ0n) is 12.5. The maximum absolute atomic E-state index is 12.2. The van der Waals surface area contributed by atoms with E-state index in [2.05, 4.69) is 16.9 Å². The SMILES string of the molecule is CC1CCN(CCn2nc3ccccn3c2=O)C(CN)C1. The zero-order valence-corrected chi connectivity index (χ0v) is 12.5. The van der Waals surface area contributed by atoms with Crippen molar-refractivity contribution >= 4 is 5.65 Å². The summed E-state index contributed by atoms with van der Waals surface area (Å²) in [5, 5.41) is 4.37. The van der Waals surface area contributed by atoms with Gasteiger partial charge in [0.2, 0.25) is 0 Å². The third-order valence-corrected chi connectivity index (χ3v) is 4.46. The van der Waals surface area contributed by atoms with Gasteiger partial charge in [0, 0.05) is 25.3 Å². The number of nitrogens with zero attached hydrogens (tertiary/aromatic N) is 4. The lowest BCUT2D eigenvalue weighted by Gasteiger charge is -2.37. The predicted octanol–water partition coefficient (Wildman–Crippen LogP) is 0.555. The second kappa shape index (κ2) is 5.99. The van der Waals surface area contributed by atoms with Gasteiger partial charge in [-0.1, -0.05) is 13.0 Å². The molecule has 0 spiro atoms. The van der Waals surface area contributed by atoms with E-state index in [0.29, 0.717) is 24.8 Å². The molecule has 2 unspecified atom stereocenters. The first-order chi connectivity index (χ1) is 10.2. The van der Waals surface area contributed by atoms with Gasteiger partial charge < -0.3 is 5.73 Å². The first kappa shape index (κ1) is 14.3. The first-order valence-electron chi connectivity index (χ1n) is 7.67. The molecule has 21 heavy (non-hydrogen) atoms. The Kier molecular flexibility index (Phi) is 4.07. The van der Waals surface area contributed by atoms with Gasteiger partial charge in [-0.3, -0.25) is 9.30 Å². The van der Waals surface area contributed by atoms with E-state index in [1.807, 2.05) is 18.2 Å². The highest BCUT2D eigenvalue weighted by Gasteiger charge is 2.25. The largest absolute Gasteiger partial charge is 0.350 e. The molecule has 6 heteroatoms. The number of fused-ring (bicyclic) bond motifs is 1. The van der Waals surface area contributed by atoms with Crippen molar-refractivity contribution in [1.82, 2.24) is 19.1 Å². The third kappa shape index (κ3) is 2.87. The Hall–Kier alpha value is -1.66. The molecular formula is C15H23N5O. The molecule has 6 nitrogen and oxygen atoms in total. The molecule has 1 saturated heterocycles. The molecular weight excluding hydrogens is 266 g/mol. The maximum atomic E-state index is 12.2. The van der Waals surface area contributed by atoms with Crippen LogP contribution >= 0.6 is 0 Å². The summed E-state index contributed by atoms with van der Waals surface area (Å²) in [7, 11) is 0. The molecule has 2 N–H and O–H groups in total. The van der Waals surface area contributed by atoms with Gasteiger partial charge in [-0.15, -0.1) is 5.10 Å². The van der Waals surface area contributed by atoms with Crippen LogP contribution in [0.4, 0.5) is 0 Å². The van der Waals surface area contributed by atoms with Gasteiger partial charge in [-0.2, -0.15) is 0 Å². The van der Waals surface area contributed by atoms with Crippen molar-refractivity contribution in [1.29, 1.82) is 0 Å². The highest BCUT2D eigenvalue weighted by molar-refractivity contribution is 5.35. The van der Waals surface area contributed by atoms with Gasteiger partial charge in [0.05, 0.1) is 6.54 Å². The van der Waals surface area contributed by atoms with Gasteiger partial charge in [0.15, 0.2) is 5.65 Å². The summed E-state index contributed by atoms with van der Waals surface area (Å²) in [5.74, 6) is 0.743. The molecule has 1 fully saturated rings. The van der Waals surface area contributed by atoms with E-state index in [0.717, 1.165) is 25.4 Å². The average molecular weight is 289 g/mol. The van der Waals surface area contributed by atoms with E-state index in [9.17, 15) is 4.79 Å². The van der Waals surface area contributed by atoms with Gasteiger partial charge in [0.1, 0.15) is 0 Å². The molecule has 0 amide bonds. The monoisotopic (exact) mass is 289 g/mol. The minimum atomic E-state index is -0.0692. The second-order valence-corrected chi connectivity index (χ2v) is 5.99. The van der Waals surface area contributed by atoms with Crippen molar-refractivity contribution in [2.45, 2.75) is 32.4 Å². The van der Waals surface area contributed by atoms with E-state index < -0.39 is 0 Å². The van der Waals surface area contributed by atoms with Crippen LogP contribution in [0.5, 0.6) is 0 Å². The van der Waals surface area contributed by atoms with E-state index in [1.54, 1.807) is 15.3 Å². The molecule has 2 aromatic heterocycles. The Labute approximate surface area is 124 Å². The molecule has 114 valence electrons. The Morgan fingerprint density at radius 1 is 1.38 bits per heavy atom. The number of pyridine rings is 1. The number of rotatable bonds is 4. The van der Waals surface area contributed by atoms with E-state index in [-0.39, 0.29) is 5.69 Å². The van der Waals surface area contributed by atoms with Crippen LogP contribution < -0.4 is 11.4 Å². The minimum absolute atomic E-state index is 0.0692. The highest BCUT2D eigenvalue weighted by atomic mass is 16.2. The number of aromatic nitrogens is 3. The summed E-state index contributed by atoms with van der Waals surface area (Å²) in [6.45, 7) is 5.48. The fourth-order valence-corrected chi connectivity index (χ4v) is 3.18. The van der Waals surface area contributed by atoms with Crippen molar-refractivity contribution in [3.8, 4) is 0 Å². The summed E-state index contributed by atoms with van der Waals surface area (Å²) in [5.41, 5.74) is 6.52. The predicted molar refractivity (Wildman–Crippen MR) is 82.3 cm³/mol. The molecule has 2 atom stereocenters. The van der Waals surface area contributed by atoms with E-state index >= 15 is 0 Å². The normalized spacial score (nSPS) is 23.7. The van der Waals surface area contributed by atoms with E-state index in [1.165, 1.54) is 6.42 Å². The lowest BCUT2D eigenvalue weighted by atomic mass is 9.92. The van der Waals surface area contributed by atoms with Crippen molar-refractivity contribution in [3.63, 3.8) is 0 Å². The van der Waals surface area contributed by atoms with Crippen molar-refractivity contribution in [3.05, 3.63) is 34.9 Å². The number of nitrogens with two attached hydrogens (primary N) is 1. The second-order valence-electron chi connectivity index (χ2n) is 5.99. The number of piperidine rings is 1. The quantitative estimate of drug-likeness (QED) is 0.893. The topological polar surface area (TPSA) is 68.6 Å². The molecule has 2 aromatic rings. The fourth-order valence-electron chi connectivity index (χ4n) is 3.18. The van der Waals surface area contributed by atoms with Gasteiger partial charge in [-0.05, 0) is 37.4 Å². The molecule has 0 bridgehead atoms. The molecule has 0 saturated carbocycles. The third-order valence-electron chi connectivity index (χ3n) is 4.46. The van der Waals surface area contributed by atoms with E-state index in [4.69, 9.17) is 5.73 Å². The summed E-state index contributed by atoms with van der Waals surface area (Å²) in [6.07, 6.45) is 4.11. The van der Waals surface area contributed by atoms with Crippen LogP contribution in [-0.2, 0) is 6.54 Å². The smallest absolute Gasteiger partial charge is 0.329 e. The van der Waals surface area contributed by atoms with Crippen LogP contribution in [0.25, 0.3) is 5.65 Å². The average Bonchev–Trinajstić information content (AvgIpc) is 2.83. The first-order valence-corrected chi connectivity index (χ1v) is 7.67. The summed E-state index contributed by atoms with van der Waals surface area (Å²) in [6, 6.07) is 6.02. The molecule has 0 radical (unpaired) electrons. The van der Waals surface area contributed by atoms with Crippen molar-refractivity contribution in [2.24, 2.45) is 11.7 Å². The fraction of sp³-hybridized carbons (Fsp3) is 0.600. The van der Waals surface area contributed by atoms with Crippen LogP contribution in [0, 0.1) is 5.92 Å². The Morgan fingerprint density at radius 2 is 2.24 bits per heavy atom. The Morgan fingerprint density at radius 3 is 3.00 bits per heavy atom. The Balaban J connectivity index is 1.71.